The van der Waals surface area contributed by atoms with Crippen LogP contribution in [0.15, 0.2) is 41.0 Å². The SMILES string of the molecule is O=C(NCCNc1cc(N2CCOCC2)cnn1)c1ccc(Br)cc1. The van der Waals surface area contributed by atoms with E-state index >= 15 is 0 Å². The quantitative estimate of drug-likeness (QED) is 0.714. The number of nitrogens with zero attached hydrogens (tertiary/aromatic N) is 3. The van der Waals surface area contributed by atoms with Crippen molar-refractivity contribution >= 4 is 33.3 Å². The van der Waals surface area contributed by atoms with Gasteiger partial charge in [0.15, 0.2) is 5.82 Å². The molecule has 0 saturated carbocycles. The molecule has 1 fully saturated rings. The molecular weight excluding hydrogens is 386 g/mol. The van der Waals surface area contributed by atoms with E-state index < -0.39 is 0 Å². The molecule has 25 heavy (non-hydrogen) atoms. The van der Waals surface area contributed by atoms with Gasteiger partial charge in [-0.25, -0.2) is 0 Å². The highest BCUT2D eigenvalue weighted by molar-refractivity contribution is 9.10. The van der Waals surface area contributed by atoms with Crippen molar-refractivity contribution in [3.8, 4) is 0 Å². The summed E-state index contributed by atoms with van der Waals surface area (Å²) in [5, 5.41) is 14.2. The van der Waals surface area contributed by atoms with E-state index in [-0.39, 0.29) is 5.91 Å². The molecule has 0 unspecified atom stereocenters. The van der Waals surface area contributed by atoms with Crippen LogP contribution in [-0.2, 0) is 4.74 Å². The lowest BCUT2D eigenvalue weighted by molar-refractivity contribution is 0.0955. The van der Waals surface area contributed by atoms with E-state index in [2.05, 4.69) is 41.7 Å². The largest absolute Gasteiger partial charge is 0.378 e. The van der Waals surface area contributed by atoms with E-state index in [0.717, 1.165) is 36.5 Å². The number of nitrogens with one attached hydrogen (secondary N) is 2. The second kappa shape index (κ2) is 8.77. The van der Waals surface area contributed by atoms with Crippen LogP contribution in [0.1, 0.15) is 10.4 Å². The lowest BCUT2D eigenvalue weighted by Crippen LogP contribution is -2.36. The van der Waals surface area contributed by atoms with Crippen LogP contribution >= 0.6 is 15.9 Å². The molecule has 1 saturated heterocycles. The fraction of sp³-hybridized carbons (Fsp3) is 0.353. The number of carbonyl (C=O) groups excluding carboxylic acids is 1. The van der Waals surface area contributed by atoms with Gasteiger partial charge in [-0.1, -0.05) is 15.9 Å². The van der Waals surface area contributed by atoms with E-state index in [1.54, 1.807) is 18.3 Å². The summed E-state index contributed by atoms with van der Waals surface area (Å²) in [6.07, 6.45) is 1.76. The standard InChI is InChI=1S/C17H20BrN5O2/c18-14-3-1-13(2-4-14)17(24)20-6-5-19-16-11-15(12-21-22-16)23-7-9-25-10-8-23/h1-4,11-12H,5-10H2,(H,19,22)(H,20,24). The Balaban J connectivity index is 1.45. The first-order valence-electron chi connectivity index (χ1n) is 8.15. The van der Waals surface area contributed by atoms with Crippen LogP contribution < -0.4 is 15.5 Å². The number of ether oxygens (including phenoxy) is 1. The average Bonchev–Trinajstić information content (AvgIpc) is 2.66. The summed E-state index contributed by atoms with van der Waals surface area (Å²) in [6, 6.07) is 9.23. The molecular formula is C17H20BrN5O2. The van der Waals surface area contributed by atoms with Crippen molar-refractivity contribution in [2.24, 2.45) is 0 Å². The van der Waals surface area contributed by atoms with Crippen molar-refractivity contribution < 1.29 is 9.53 Å². The maximum absolute atomic E-state index is 12.0. The van der Waals surface area contributed by atoms with Gasteiger partial charge in [-0.3, -0.25) is 4.79 Å². The van der Waals surface area contributed by atoms with Gasteiger partial charge in [-0.15, -0.1) is 5.10 Å². The lowest BCUT2D eigenvalue weighted by Gasteiger charge is -2.28. The molecule has 132 valence electrons. The summed E-state index contributed by atoms with van der Waals surface area (Å²) < 4.78 is 6.31. The highest BCUT2D eigenvalue weighted by Crippen LogP contribution is 2.16. The van der Waals surface area contributed by atoms with Gasteiger partial charge in [0, 0.05) is 42.3 Å². The number of aromatic nitrogens is 2. The topological polar surface area (TPSA) is 79.4 Å². The van der Waals surface area contributed by atoms with Crippen molar-refractivity contribution in [3.63, 3.8) is 0 Å². The molecule has 2 aromatic rings. The second-order valence-corrected chi connectivity index (χ2v) is 6.50. The fourth-order valence-corrected chi connectivity index (χ4v) is 2.77. The summed E-state index contributed by atoms with van der Waals surface area (Å²) in [7, 11) is 0. The van der Waals surface area contributed by atoms with Crippen LogP contribution in [-0.4, -0.2) is 55.5 Å². The van der Waals surface area contributed by atoms with Crippen molar-refractivity contribution in [2.75, 3.05) is 49.6 Å². The molecule has 2 N–H and O–H groups in total. The Kier molecular flexibility index (Phi) is 6.19. The zero-order valence-electron chi connectivity index (χ0n) is 13.7. The molecule has 1 aliphatic heterocycles. The van der Waals surface area contributed by atoms with Crippen LogP contribution in [0.25, 0.3) is 0 Å². The summed E-state index contributed by atoms with van der Waals surface area (Å²) in [6.45, 7) is 4.24. The van der Waals surface area contributed by atoms with E-state index in [0.29, 0.717) is 24.5 Å². The molecule has 0 bridgehead atoms. The molecule has 7 nitrogen and oxygen atoms in total. The van der Waals surface area contributed by atoms with Gasteiger partial charge >= 0.3 is 0 Å². The second-order valence-electron chi connectivity index (χ2n) is 5.59. The van der Waals surface area contributed by atoms with Gasteiger partial charge in [0.25, 0.3) is 5.91 Å². The molecule has 3 rings (SSSR count). The number of carbonyl (C=O) groups is 1. The predicted molar refractivity (Wildman–Crippen MR) is 100 cm³/mol. The molecule has 0 spiro atoms. The maximum atomic E-state index is 12.0. The normalized spacial score (nSPS) is 14.2. The van der Waals surface area contributed by atoms with Crippen molar-refractivity contribution in [1.29, 1.82) is 0 Å². The number of hydrogen-bond acceptors (Lipinski definition) is 6. The zero-order valence-corrected chi connectivity index (χ0v) is 15.3. The van der Waals surface area contributed by atoms with E-state index in [4.69, 9.17) is 4.74 Å². The third-order valence-corrected chi connectivity index (χ3v) is 4.37. The summed E-state index contributed by atoms with van der Waals surface area (Å²) in [5.41, 5.74) is 1.66. The third-order valence-electron chi connectivity index (χ3n) is 3.84. The minimum Gasteiger partial charge on any atom is -0.378 e. The smallest absolute Gasteiger partial charge is 0.251 e. The van der Waals surface area contributed by atoms with E-state index in [9.17, 15) is 4.79 Å². The minimum absolute atomic E-state index is 0.0950. The Hall–Kier alpha value is -2.19. The number of morpholine rings is 1. The van der Waals surface area contributed by atoms with Crippen LogP contribution in [0.4, 0.5) is 11.5 Å². The van der Waals surface area contributed by atoms with Gasteiger partial charge in [0.2, 0.25) is 0 Å². The van der Waals surface area contributed by atoms with Crippen molar-refractivity contribution in [3.05, 3.63) is 46.6 Å². The van der Waals surface area contributed by atoms with Crippen LogP contribution in [0.2, 0.25) is 0 Å². The predicted octanol–water partition coefficient (Wildman–Crippen LogP) is 1.92. The molecule has 1 aromatic carbocycles. The van der Waals surface area contributed by atoms with Gasteiger partial charge in [0.1, 0.15) is 0 Å². The number of hydrogen-bond donors (Lipinski definition) is 2. The van der Waals surface area contributed by atoms with Crippen molar-refractivity contribution in [1.82, 2.24) is 15.5 Å². The summed E-state index contributed by atoms with van der Waals surface area (Å²) >= 11 is 3.35. The molecule has 0 radical (unpaired) electrons. The number of halogens is 1. The maximum Gasteiger partial charge on any atom is 0.251 e. The Labute approximate surface area is 154 Å². The monoisotopic (exact) mass is 405 g/mol. The molecule has 8 heteroatoms. The minimum atomic E-state index is -0.0950. The van der Waals surface area contributed by atoms with Gasteiger partial charge < -0.3 is 20.3 Å². The highest BCUT2D eigenvalue weighted by Gasteiger charge is 2.12. The number of anilines is 2. The Morgan fingerprint density at radius 2 is 1.96 bits per heavy atom. The number of amides is 1. The Bertz CT molecular complexity index is 704. The molecule has 2 heterocycles. The van der Waals surface area contributed by atoms with E-state index in [1.807, 2.05) is 18.2 Å². The van der Waals surface area contributed by atoms with Crippen LogP contribution in [0.5, 0.6) is 0 Å². The average molecular weight is 406 g/mol. The summed E-state index contributed by atoms with van der Waals surface area (Å²) in [5.74, 6) is 0.601. The molecule has 1 aliphatic rings. The lowest BCUT2D eigenvalue weighted by atomic mass is 10.2. The van der Waals surface area contributed by atoms with Gasteiger partial charge in [-0.2, -0.15) is 5.10 Å². The summed E-state index contributed by atoms with van der Waals surface area (Å²) in [4.78, 5) is 14.2. The number of benzene rings is 1. The first kappa shape index (κ1) is 17.6. The Morgan fingerprint density at radius 3 is 2.72 bits per heavy atom. The van der Waals surface area contributed by atoms with E-state index in [1.165, 1.54) is 0 Å². The van der Waals surface area contributed by atoms with Crippen molar-refractivity contribution in [2.45, 2.75) is 0 Å². The molecule has 1 amide bonds. The molecule has 1 aromatic heterocycles. The Morgan fingerprint density at radius 1 is 1.20 bits per heavy atom. The third kappa shape index (κ3) is 5.14. The number of rotatable bonds is 6. The molecule has 0 aliphatic carbocycles. The fourth-order valence-electron chi connectivity index (χ4n) is 2.51. The molecule has 0 atom stereocenters. The van der Waals surface area contributed by atoms with Gasteiger partial charge in [0.05, 0.1) is 25.1 Å². The zero-order chi connectivity index (χ0) is 17.5. The van der Waals surface area contributed by atoms with Crippen LogP contribution in [0, 0.1) is 0 Å². The van der Waals surface area contributed by atoms with Crippen LogP contribution in [0.3, 0.4) is 0 Å². The highest BCUT2D eigenvalue weighted by atomic mass is 79.9. The first-order valence-corrected chi connectivity index (χ1v) is 8.95. The van der Waals surface area contributed by atoms with Gasteiger partial charge in [-0.05, 0) is 24.3 Å². The first-order chi connectivity index (χ1) is 12.2.